The van der Waals surface area contributed by atoms with E-state index in [-0.39, 0.29) is 0 Å². The Bertz CT molecular complexity index is 843. The van der Waals surface area contributed by atoms with Crippen LogP contribution in [0.5, 0.6) is 0 Å². The van der Waals surface area contributed by atoms with Crippen molar-refractivity contribution in [3.8, 4) is 0 Å². The molecule has 3 nitrogen and oxygen atoms in total. The maximum Gasteiger partial charge on any atom is 0.160 e. The summed E-state index contributed by atoms with van der Waals surface area (Å²) in [4.78, 5) is 4.17. The number of unbranched alkanes of at least 4 members (excludes halogenated alkanes) is 3. The van der Waals surface area contributed by atoms with Crippen molar-refractivity contribution < 1.29 is 9.47 Å². The van der Waals surface area contributed by atoms with Crippen molar-refractivity contribution in [1.82, 2.24) is 4.98 Å². The molecule has 0 aliphatic heterocycles. The molecule has 0 amide bonds. The third-order valence-electron chi connectivity index (χ3n) is 5.63. The van der Waals surface area contributed by atoms with Gasteiger partial charge in [0.1, 0.15) is 0 Å². The van der Waals surface area contributed by atoms with Crippen molar-refractivity contribution in [3.63, 3.8) is 0 Å². The van der Waals surface area contributed by atoms with Gasteiger partial charge in [-0.2, -0.15) is 0 Å². The van der Waals surface area contributed by atoms with Crippen LogP contribution in [0.1, 0.15) is 65.4 Å². The van der Waals surface area contributed by atoms with Crippen molar-refractivity contribution in [2.45, 2.75) is 66.2 Å². The second kappa shape index (κ2) is 16.8. The molecule has 0 aliphatic rings. The predicted octanol–water partition coefficient (Wildman–Crippen LogP) is 8.30. The molecule has 0 aliphatic carbocycles. The molecule has 0 unspecified atom stereocenters. The lowest BCUT2D eigenvalue weighted by molar-refractivity contribution is 0.188. The molecule has 1 rings (SSSR count). The summed E-state index contributed by atoms with van der Waals surface area (Å²) in [5, 5.41) is 0. The molecule has 3 heteroatoms. The van der Waals surface area contributed by atoms with Gasteiger partial charge in [0.15, 0.2) is 11.5 Å². The lowest BCUT2D eigenvalue weighted by Gasteiger charge is -2.21. The highest BCUT2D eigenvalue weighted by Gasteiger charge is 2.17. The van der Waals surface area contributed by atoms with E-state index in [9.17, 15) is 0 Å². The van der Waals surface area contributed by atoms with Gasteiger partial charge in [-0.1, -0.05) is 63.1 Å². The van der Waals surface area contributed by atoms with Crippen LogP contribution in [-0.2, 0) is 15.9 Å². The number of methoxy groups -OCH3 is 1. The molecule has 0 bridgehead atoms. The number of hydrogen-bond acceptors (Lipinski definition) is 3. The zero-order chi connectivity index (χ0) is 24.5. The lowest BCUT2D eigenvalue weighted by atomic mass is 9.84. The Hall–Kier alpha value is -2.81. The minimum Gasteiger partial charge on any atom is -0.493 e. The summed E-state index contributed by atoms with van der Waals surface area (Å²) in [5.74, 6) is 1.72. The van der Waals surface area contributed by atoms with Gasteiger partial charge in [0.05, 0.1) is 13.7 Å². The van der Waals surface area contributed by atoms with Crippen LogP contribution >= 0.6 is 0 Å². The van der Waals surface area contributed by atoms with Crippen molar-refractivity contribution in [2.75, 3.05) is 13.7 Å². The zero-order valence-electron chi connectivity index (χ0n) is 21.4. The van der Waals surface area contributed by atoms with E-state index in [4.69, 9.17) is 9.47 Å². The van der Waals surface area contributed by atoms with Crippen LogP contribution in [0.25, 0.3) is 0 Å². The van der Waals surface area contributed by atoms with Gasteiger partial charge < -0.3 is 9.47 Å². The van der Waals surface area contributed by atoms with E-state index in [0.29, 0.717) is 18.3 Å². The van der Waals surface area contributed by atoms with E-state index in [0.717, 1.165) is 25.0 Å². The zero-order valence-corrected chi connectivity index (χ0v) is 21.4. The van der Waals surface area contributed by atoms with Gasteiger partial charge in [-0.15, -0.1) is 0 Å². The van der Waals surface area contributed by atoms with E-state index in [2.05, 4.69) is 76.2 Å². The largest absolute Gasteiger partial charge is 0.493 e. The van der Waals surface area contributed by atoms with Crippen molar-refractivity contribution in [1.29, 1.82) is 0 Å². The van der Waals surface area contributed by atoms with E-state index < -0.39 is 0 Å². The normalized spacial score (nSPS) is 14.4. The Kier molecular flexibility index (Phi) is 14.3. The highest BCUT2D eigenvalue weighted by molar-refractivity contribution is 5.36. The fourth-order valence-corrected chi connectivity index (χ4v) is 3.83. The summed E-state index contributed by atoms with van der Waals surface area (Å²) in [5.41, 5.74) is 4.99. The predicted molar refractivity (Wildman–Crippen MR) is 142 cm³/mol. The first-order valence-electron chi connectivity index (χ1n) is 12.1. The van der Waals surface area contributed by atoms with Crippen LogP contribution in [0.2, 0.25) is 0 Å². The molecule has 180 valence electrons. The molecule has 0 fully saturated rings. The van der Waals surface area contributed by atoms with Gasteiger partial charge in [-0.3, -0.25) is 4.98 Å². The summed E-state index contributed by atoms with van der Waals surface area (Å²) in [7, 11) is 1.69. The second-order valence-electron chi connectivity index (χ2n) is 8.34. The quantitative estimate of drug-likeness (QED) is 0.144. The minimum atomic E-state index is 0.304. The SMILES string of the molecule is C=C/C(C)=C(\C=C/C)[C@H](C/C(C)=C\C(OC)=C(/C=C)OCCCCCC)Cc1ccncc1. The average Bonchev–Trinajstić information content (AvgIpc) is 2.83. The van der Waals surface area contributed by atoms with Crippen LogP contribution in [0.3, 0.4) is 0 Å². The number of ether oxygens (including phenoxy) is 2. The Morgan fingerprint density at radius 1 is 1.06 bits per heavy atom. The number of allylic oxidation sites excluding steroid dienone is 8. The summed E-state index contributed by atoms with van der Waals surface area (Å²) in [6.07, 6.45) is 20.3. The molecule has 1 heterocycles. The van der Waals surface area contributed by atoms with Crippen LogP contribution in [0.4, 0.5) is 0 Å². The van der Waals surface area contributed by atoms with Crippen LogP contribution in [0.15, 0.2) is 96.3 Å². The van der Waals surface area contributed by atoms with Crippen molar-refractivity contribution in [2.24, 2.45) is 5.92 Å². The summed E-state index contributed by atoms with van der Waals surface area (Å²) in [6, 6.07) is 4.18. The van der Waals surface area contributed by atoms with Gasteiger partial charge in [0.2, 0.25) is 0 Å². The molecule has 0 N–H and O–H groups in total. The van der Waals surface area contributed by atoms with Gasteiger partial charge in [-0.05, 0) is 86.9 Å². The molecule has 1 atom stereocenters. The third kappa shape index (κ3) is 10.6. The summed E-state index contributed by atoms with van der Waals surface area (Å²) >= 11 is 0. The number of rotatable bonds is 16. The number of nitrogens with zero attached hydrogens (tertiary/aromatic N) is 1. The van der Waals surface area contributed by atoms with E-state index in [1.54, 1.807) is 13.2 Å². The lowest BCUT2D eigenvalue weighted by Crippen LogP contribution is -2.10. The summed E-state index contributed by atoms with van der Waals surface area (Å²) < 4.78 is 11.7. The van der Waals surface area contributed by atoms with E-state index >= 15 is 0 Å². The first-order chi connectivity index (χ1) is 16.0. The molecule has 0 saturated heterocycles. The average molecular weight is 450 g/mol. The molecule has 1 aromatic heterocycles. The van der Waals surface area contributed by atoms with Crippen LogP contribution in [-0.4, -0.2) is 18.7 Å². The minimum absolute atomic E-state index is 0.304. The first kappa shape index (κ1) is 28.2. The third-order valence-corrected chi connectivity index (χ3v) is 5.63. The molecule has 0 spiro atoms. The smallest absolute Gasteiger partial charge is 0.160 e. The van der Waals surface area contributed by atoms with E-state index in [1.165, 1.54) is 41.5 Å². The first-order valence-corrected chi connectivity index (χ1v) is 12.1. The molecule has 0 aromatic carbocycles. The second-order valence-corrected chi connectivity index (χ2v) is 8.34. The van der Waals surface area contributed by atoms with Crippen molar-refractivity contribution >= 4 is 0 Å². The van der Waals surface area contributed by atoms with Gasteiger partial charge in [0.25, 0.3) is 0 Å². The number of aromatic nitrogens is 1. The fraction of sp³-hybridized carbons (Fsp3) is 0.433. The highest BCUT2D eigenvalue weighted by atomic mass is 16.5. The molecule has 1 aromatic rings. The molecular weight excluding hydrogens is 406 g/mol. The molecule has 0 saturated carbocycles. The monoisotopic (exact) mass is 449 g/mol. The summed E-state index contributed by atoms with van der Waals surface area (Å²) in [6.45, 7) is 17.2. The van der Waals surface area contributed by atoms with Crippen LogP contribution < -0.4 is 0 Å². The Labute approximate surface area is 202 Å². The molecule has 0 radical (unpaired) electrons. The Morgan fingerprint density at radius 2 is 1.79 bits per heavy atom. The fourth-order valence-electron chi connectivity index (χ4n) is 3.83. The topological polar surface area (TPSA) is 31.4 Å². The standard InChI is InChI=1S/C30H43NO2/c1-8-12-13-14-20-33-29(11-4)30(32-7)22-24(5)21-27(23-26-16-18-31-19-17-26)28(15-9-2)25(6)10-3/h9-11,15-19,22,27H,3-4,8,12-14,20-21,23H2,1-2,5-7H3/b15-9-,24-22-,28-25+,30-29-/t27-/m1/s1. The maximum atomic E-state index is 5.99. The Morgan fingerprint density at radius 3 is 2.36 bits per heavy atom. The van der Waals surface area contributed by atoms with Crippen molar-refractivity contribution in [3.05, 3.63) is 102 Å². The Balaban J connectivity index is 3.17. The van der Waals surface area contributed by atoms with Gasteiger partial charge >= 0.3 is 0 Å². The molecule has 33 heavy (non-hydrogen) atoms. The van der Waals surface area contributed by atoms with Crippen LogP contribution in [0, 0.1) is 5.92 Å². The molecular formula is C30H43NO2. The highest BCUT2D eigenvalue weighted by Crippen LogP contribution is 2.29. The van der Waals surface area contributed by atoms with Gasteiger partial charge in [0, 0.05) is 12.4 Å². The van der Waals surface area contributed by atoms with E-state index in [1.807, 2.05) is 18.5 Å². The number of hydrogen-bond donors (Lipinski definition) is 0. The maximum absolute atomic E-state index is 5.99. The number of pyridine rings is 1. The van der Waals surface area contributed by atoms with Gasteiger partial charge in [-0.25, -0.2) is 0 Å².